The fourth-order valence-corrected chi connectivity index (χ4v) is 5.12. The molecule has 2 aromatic heterocycles. The van der Waals surface area contributed by atoms with E-state index in [2.05, 4.69) is 14.9 Å². The minimum Gasteiger partial charge on any atom is -0.369 e. The van der Waals surface area contributed by atoms with Crippen molar-refractivity contribution in [2.24, 2.45) is 0 Å². The number of fused-ring (bicyclic) bond motifs is 1. The van der Waals surface area contributed by atoms with Crippen LogP contribution in [-0.4, -0.2) is 48.9 Å². The van der Waals surface area contributed by atoms with E-state index < -0.39 is 10.0 Å². The van der Waals surface area contributed by atoms with Crippen LogP contribution in [-0.2, 0) is 10.0 Å². The molecule has 1 saturated heterocycles. The normalized spacial score (nSPS) is 16.0. The number of anilines is 1. The summed E-state index contributed by atoms with van der Waals surface area (Å²) in [4.78, 5) is 10.7. The summed E-state index contributed by atoms with van der Waals surface area (Å²) in [5, 5.41) is 1.26. The molecule has 0 saturated carbocycles. The summed E-state index contributed by atoms with van der Waals surface area (Å²) in [6.07, 6.45) is 3.36. The molecule has 140 valence electrons. The first-order chi connectivity index (χ1) is 12.9. The Hall–Kier alpha value is -2.22. The highest BCUT2D eigenvalue weighted by Gasteiger charge is 2.30. The van der Waals surface area contributed by atoms with Crippen molar-refractivity contribution in [3.05, 3.63) is 59.5 Å². The van der Waals surface area contributed by atoms with E-state index in [1.54, 1.807) is 30.6 Å². The number of nitrogens with zero attached hydrogens (tertiary/aromatic N) is 4. The van der Waals surface area contributed by atoms with E-state index in [0.717, 1.165) is 16.6 Å². The summed E-state index contributed by atoms with van der Waals surface area (Å²) in [6.45, 7) is 3.95. The number of benzene rings is 1. The predicted molar refractivity (Wildman–Crippen MR) is 107 cm³/mol. The quantitative estimate of drug-likeness (QED) is 0.630. The zero-order chi connectivity index (χ0) is 19.0. The van der Waals surface area contributed by atoms with Crippen LogP contribution in [0.2, 0.25) is 5.15 Å². The van der Waals surface area contributed by atoms with Gasteiger partial charge >= 0.3 is 0 Å². The van der Waals surface area contributed by atoms with Gasteiger partial charge < -0.3 is 4.90 Å². The molecule has 0 spiro atoms. The van der Waals surface area contributed by atoms with Gasteiger partial charge in [-0.05, 0) is 36.8 Å². The van der Waals surface area contributed by atoms with E-state index in [4.69, 9.17) is 11.6 Å². The molecule has 4 rings (SSSR count). The third kappa shape index (κ3) is 3.50. The number of hydrogen-bond donors (Lipinski definition) is 0. The van der Waals surface area contributed by atoms with Crippen molar-refractivity contribution in [1.82, 2.24) is 14.3 Å². The van der Waals surface area contributed by atoms with E-state index in [0.29, 0.717) is 36.8 Å². The average molecular weight is 403 g/mol. The molecule has 1 aliphatic rings. The number of halogens is 1. The van der Waals surface area contributed by atoms with Crippen LogP contribution < -0.4 is 4.90 Å². The van der Waals surface area contributed by atoms with E-state index >= 15 is 0 Å². The molecule has 0 amide bonds. The van der Waals surface area contributed by atoms with Crippen molar-refractivity contribution in [2.45, 2.75) is 11.8 Å². The van der Waals surface area contributed by atoms with Crippen molar-refractivity contribution in [1.29, 1.82) is 0 Å². The molecule has 0 bridgehead atoms. The number of aryl methyl sites for hydroxylation is 1. The number of piperazine rings is 1. The topological polar surface area (TPSA) is 66.4 Å². The predicted octanol–water partition coefficient (Wildman–Crippen LogP) is 3.10. The van der Waals surface area contributed by atoms with Gasteiger partial charge in [0.1, 0.15) is 10.0 Å². The zero-order valence-corrected chi connectivity index (χ0v) is 16.4. The molecule has 0 unspecified atom stereocenters. The summed E-state index contributed by atoms with van der Waals surface area (Å²) in [5.74, 6) is 0. The first-order valence-corrected chi connectivity index (χ1v) is 10.5. The Morgan fingerprint density at radius 3 is 2.56 bits per heavy atom. The molecular formula is C19H19ClN4O2S. The first-order valence-electron chi connectivity index (χ1n) is 8.67. The van der Waals surface area contributed by atoms with Gasteiger partial charge in [0.15, 0.2) is 0 Å². The Morgan fingerprint density at radius 2 is 1.81 bits per heavy atom. The number of hydrogen-bond acceptors (Lipinski definition) is 5. The second-order valence-corrected chi connectivity index (χ2v) is 8.86. The van der Waals surface area contributed by atoms with Gasteiger partial charge in [-0.15, -0.1) is 0 Å². The Bertz CT molecular complexity index is 1100. The lowest BCUT2D eigenvalue weighted by molar-refractivity contribution is 0.385. The van der Waals surface area contributed by atoms with E-state index in [-0.39, 0.29) is 4.90 Å². The molecule has 0 N–H and O–H groups in total. The van der Waals surface area contributed by atoms with Crippen molar-refractivity contribution < 1.29 is 8.42 Å². The molecule has 0 aliphatic carbocycles. The lowest BCUT2D eigenvalue weighted by atomic mass is 10.2. The molecule has 0 radical (unpaired) electrons. The molecule has 1 aliphatic heterocycles. The van der Waals surface area contributed by atoms with Gasteiger partial charge in [0, 0.05) is 49.6 Å². The maximum absolute atomic E-state index is 13.2. The number of pyridine rings is 2. The van der Waals surface area contributed by atoms with E-state index in [9.17, 15) is 8.42 Å². The molecule has 3 heterocycles. The van der Waals surface area contributed by atoms with Crippen LogP contribution in [0.1, 0.15) is 5.56 Å². The Morgan fingerprint density at radius 1 is 1.04 bits per heavy atom. The fraction of sp³-hybridized carbons (Fsp3) is 0.263. The van der Waals surface area contributed by atoms with Crippen LogP contribution in [0.25, 0.3) is 10.9 Å². The summed E-state index contributed by atoms with van der Waals surface area (Å²) < 4.78 is 28.0. The van der Waals surface area contributed by atoms with Gasteiger partial charge in [-0.2, -0.15) is 4.31 Å². The molecule has 6 nitrogen and oxygen atoms in total. The largest absolute Gasteiger partial charge is 0.369 e. The number of para-hydroxylation sites is 1. The van der Waals surface area contributed by atoms with E-state index in [1.165, 1.54) is 4.31 Å². The third-order valence-corrected chi connectivity index (χ3v) is 6.88. The Kier molecular flexibility index (Phi) is 4.75. The molecule has 8 heteroatoms. The van der Waals surface area contributed by atoms with Crippen molar-refractivity contribution in [3.63, 3.8) is 0 Å². The van der Waals surface area contributed by atoms with Gasteiger partial charge in [0.2, 0.25) is 10.0 Å². The highest BCUT2D eigenvalue weighted by Crippen LogP contribution is 2.26. The highest BCUT2D eigenvalue weighted by atomic mass is 35.5. The SMILES string of the molecule is Cc1cnc2c(S(=O)(=O)N3CCN(c4ccnc(Cl)c4)CC3)cccc2c1. The first kappa shape index (κ1) is 18.2. The molecule has 27 heavy (non-hydrogen) atoms. The lowest BCUT2D eigenvalue weighted by Gasteiger charge is -2.35. The summed E-state index contributed by atoms with van der Waals surface area (Å²) in [5.41, 5.74) is 2.47. The number of sulfonamides is 1. The third-order valence-electron chi connectivity index (χ3n) is 4.74. The van der Waals surface area contributed by atoms with Gasteiger partial charge in [-0.3, -0.25) is 4.98 Å². The molecule has 0 atom stereocenters. The van der Waals surface area contributed by atoms with Crippen LogP contribution in [0.15, 0.2) is 53.7 Å². The van der Waals surface area contributed by atoms with Crippen LogP contribution in [0, 0.1) is 6.92 Å². The van der Waals surface area contributed by atoms with Crippen LogP contribution in [0.4, 0.5) is 5.69 Å². The van der Waals surface area contributed by atoms with Crippen molar-refractivity contribution in [2.75, 3.05) is 31.1 Å². The number of rotatable bonds is 3. The van der Waals surface area contributed by atoms with Crippen LogP contribution in [0.5, 0.6) is 0 Å². The molecular weight excluding hydrogens is 384 g/mol. The molecule has 3 aromatic rings. The lowest BCUT2D eigenvalue weighted by Crippen LogP contribution is -2.48. The second kappa shape index (κ2) is 7.07. The van der Waals surface area contributed by atoms with E-state index in [1.807, 2.05) is 25.1 Å². The summed E-state index contributed by atoms with van der Waals surface area (Å²) in [6, 6.07) is 10.9. The molecule has 1 aromatic carbocycles. The summed E-state index contributed by atoms with van der Waals surface area (Å²) >= 11 is 5.96. The Labute approximate surface area is 163 Å². The monoisotopic (exact) mass is 402 g/mol. The summed E-state index contributed by atoms with van der Waals surface area (Å²) in [7, 11) is -3.61. The fourth-order valence-electron chi connectivity index (χ4n) is 3.37. The minimum absolute atomic E-state index is 0.264. The maximum Gasteiger partial charge on any atom is 0.245 e. The van der Waals surface area contributed by atoms with Gasteiger partial charge in [0.25, 0.3) is 0 Å². The minimum atomic E-state index is -3.61. The zero-order valence-electron chi connectivity index (χ0n) is 14.8. The van der Waals surface area contributed by atoms with Crippen molar-refractivity contribution >= 4 is 38.2 Å². The Balaban J connectivity index is 1.59. The standard InChI is InChI=1S/C19H19ClN4O2S/c1-14-11-15-3-2-4-17(19(15)22-13-14)27(25,26)24-9-7-23(8-10-24)16-5-6-21-18(20)12-16/h2-6,11-13H,7-10H2,1H3. The smallest absolute Gasteiger partial charge is 0.245 e. The average Bonchev–Trinajstić information content (AvgIpc) is 2.67. The second-order valence-electron chi connectivity index (χ2n) is 6.57. The van der Waals surface area contributed by atoms with Crippen LogP contribution in [0.3, 0.4) is 0 Å². The van der Waals surface area contributed by atoms with Gasteiger partial charge in [-0.1, -0.05) is 23.7 Å². The van der Waals surface area contributed by atoms with Crippen molar-refractivity contribution in [3.8, 4) is 0 Å². The van der Waals surface area contributed by atoms with Crippen LogP contribution >= 0.6 is 11.6 Å². The highest BCUT2D eigenvalue weighted by molar-refractivity contribution is 7.89. The van der Waals surface area contributed by atoms with Gasteiger partial charge in [0.05, 0.1) is 5.52 Å². The van der Waals surface area contributed by atoms with Gasteiger partial charge in [-0.25, -0.2) is 13.4 Å². The molecule has 1 fully saturated rings. The maximum atomic E-state index is 13.2. The number of aromatic nitrogens is 2.